The highest BCUT2D eigenvalue weighted by Gasteiger charge is 2.34. The van der Waals surface area contributed by atoms with Crippen LogP contribution in [0.15, 0.2) is 24.3 Å². The van der Waals surface area contributed by atoms with Crippen LogP contribution >= 0.6 is 0 Å². The number of carbonyl (C=O) groups excluding carboxylic acids is 1. The molecule has 2 saturated heterocycles. The molecule has 2 heterocycles. The third kappa shape index (κ3) is 2.66. The molecule has 2 unspecified atom stereocenters. The van der Waals surface area contributed by atoms with Crippen molar-refractivity contribution in [1.82, 2.24) is 5.32 Å². The third-order valence-corrected chi connectivity index (χ3v) is 4.44. The van der Waals surface area contributed by atoms with Crippen LogP contribution in [-0.4, -0.2) is 25.0 Å². The maximum absolute atomic E-state index is 12.6. The van der Waals surface area contributed by atoms with Gasteiger partial charge in [-0.15, -0.1) is 0 Å². The number of ketones is 1. The number of hydrogen-bond acceptors (Lipinski definition) is 3. The number of methoxy groups -OCH3 is 1. The molecule has 2 atom stereocenters. The Labute approximate surface area is 114 Å². The fourth-order valence-corrected chi connectivity index (χ4v) is 3.49. The van der Waals surface area contributed by atoms with Gasteiger partial charge in [0.25, 0.3) is 0 Å². The normalized spacial score (nSPS) is 29.8. The number of benzene rings is 1. The maximum Gasteiger partial charge on any atom is 0.166 e. The summed E-state index contributed by atoms with van der Waals surface area (Å²) in [4.78, 5) is 12.6. The van der Waals surface area contributed by atoms with E-state index in [4.69, 9.17) is 4.74 Å². The van der Waals surface area contributed by atoms with Gasteiger partial charge in [-0.2, -0.15) is 0 Å². The van der Waals surface area contributed by atoms with Crippen molar-refractivity contribution in [1.29, 1.82) is 0 Å². The summed E-state index contributed by atoms with van der Waals surface area (Å²) in [6.07, 6.45) is 5.73. The quantitative estimate of drug-likeness (QED) is 0.848. The van der Waals surface area contributed by atoms with Gasteiger partial charge in [-0.1, -0.05) is 18.6 Å². The number of nitrogens with one attached hydrogen (secondary N) is 1. The molecule has 0 aromatic heterocycles. The van der Waals surface area contributed by atoms with Crippen molar-refractivity contribution in [3.05, 3.63) is 29.8 Å². The van der Waals surface area contributed by atoms with Gasteiger partial charge in [-0.25, -0.2) is 0 Å². The van der Waals surface area contributed by atoms with Crippen molar-refractivity contribution in [2.75, 3.05) is 7.11 Å². The number of ether oxygens (including phenoxy) is 1. The summed E-state index contributed by atoms with van der Waals surface area (Å²) in [5.74, 6) is 1.24. The van der Waals surface area contributed by atoms with Gasteiger partial charge in [-0.05, 0) is 37.8 Å². The lowest BCUT2D eigenvalue weighted by atomic mass is 9.77. The molecule has 19 heavy (non-hydrogen) atoms. The van der Waals surface area contributed by atoms with Gasteiger partial charge in [0.2, 0.25) is 0 Å². The summed E-state index contributed by atoms with van der Waals surface area (Å²) in [6, 6.07) is 8.64. The molecule has 2 fully saturated rings. The topological polar surface area (TPSA) is 38.3 Å². The lowest BCUT2D eigenvalue weighted by molar-refractivity contribution is 0.0825. The number of Topliss-reactive ketones (excluding diaryl/α,β-unsaturated/α-hetero) is 1. The Morgan fingerprint density at radius 1 is 1.26 bits per heavy atom. The average Bonchev–Trinajstić information content (AvgIpc) is 2.46. The van der Waals surface area contributed by atoms with Crippen LogP contribution in [0.2, 0.25) is 0 Å². The highest BCUT2D eigenvalue weighted by atomic mass is 16.5. The van der Waals surface area contributed by atoms with E-state index in [1.54, 1.807) is 7.11 Å². The van der Waals surface area contributed by atoms with Gasteiger partial charge in [0.05, 0.1) is 7.11 Å². The summed E-state index contributed by atoms with van der Waals surface area (Å²) in [5, 5.41) is 3.63. The Kier molecular flexibility index (Phi) is 3.56. The molecule has 0 radical (unpaired) electrons. The van der Waals surface area contributed by atoms with Crippen molar-refractivity contribution in [2.45, 2.75) is 44.2 Å². The summed E-state index contributed by atoms with van der Waals surface area (Å²) < 4.78 is 5.20. The van der Waals surface area contributed by atoms with Gasteiger partial charge in [0.15, 0.2) is 5.78 Å². The van der Waals surface area contributed by atoms with Crippen molar-refractivity contribution in [2.24, 2.45) is 5.92 Å². The first-order valence-corrected chi connectivity index (χ1v) is 7.20. The number of rotatable bonds is 3. The van der Waals surface area contributed by atoms with Crippen molar-refractivity contribution >= 4 is 5.78 Å². The molecule has 3 heteroatoms. The molecule has 0 spiro atoms. The van der Waals surface area contributed by atoms with E-state index in [0.717, 1.165) is 24.2 Å². The summed E-state index contributed by atoms with van der Waals surface area (Å²) in [5.41, 5.74) is 0.796. The molecular weight excluding hydrogens is 238 g/mol. The maximum atomic E-state index is 12.6. The van der Waals surface area contributed by atoms with E-state index in [1.807, 2.05) is 24.3 Å². The number of hydrogen-bond donors (Lipinski definition) is 1. The standard InChI is InChI=1S/C16H21NO2/c1-19-15-7-2-4-11(10-15)16(18)12-8-13-5-3-6-14(9-12)17-13/h2,4,7,10,12-14,17H,3,5-6,8-9H2,1H3. The van der Waals surface area contributed by atoms with E-state index < -0.39 is 0 Å². The summed E-state index contributed by atoms with van der Waals surface area (Å²) >= 11 is 0. The minimum absolute atomic E-state index is 0.184. The lowest BCUT2D eigenvalue weighted by Crippen LogP contribution is -2.50. The van der Waals surface area contributed by atoms with Crippen LogP contribution in [-0.2, 0) is 0 Å². The molecule has 1 N–H and O–H groups in total. The van der Waals surface area contributed by atoms with Crippen molar-refractivity contribution in [3.63, 3.8) is 0 Å². The van der Waals surface area contributed by atoms with Crippen molar-refractivity contribution in [3.8, 4) is 5.75 Å². The molecule has 1 aromatic carbocycles. The van der Waals surface area contributed by atoms with Crippen molar-refractivity contribution < 1.29 is 9.53 Å². The van der Waals surface area contributed by atoms with E-state index in [0.29, 0.717) is 12.1 Å². The first kappa shape index (κ1) is 12.7. The van der Waals surface area contributed by atoms with Crippen LogP contribution in [0, 0.1) is 5.92 Å². The van der Waals surface area contributed by atoms with E-state index in [1.165, 1.54) is 19.3 Å². The van der Waals surface area contributed by atoms with Gasteiger partial charge in [0, 0.05) is 23.6 Å². The second-order valence-electron chi connectivity index (χ2n) is 5.76. The zero-order valence-corrected chi connectivity index (χ0v) is 11.4. The fourth-order valence-electron chi connectivity index (χ4n) is 3.49. The van der Waals surface area contributed by atoms with Gasteiger partial charge >= 0.3 is 0 Å². The van der Waals surface area contributed by atoms with E-state index in [9.17, 15) is 4.79 Å². The third-order valence-electron chi connectivity index (χ3n) is 4.44. The molecule has 3 rings (SSSR count). The van der Waals surface area contributed by atoms with E-state index in [-0.39, 0.29) is 11.7 Å². The Balaban J connectivity index is 1.76. The first-order valence-electron chi connectivity index (χ1n) is 7.20. The molecule has 2 bridgehead atoms. The zero-order valence-electron chi connectivity index (χ0n) is 11.4. The Morgan fingerprint density at radius 2 is 2.00 bits per heavy atom. The van der Waals surface area contributed by atoms with Gasteiger partial charge in [0.1, 0.15) is 5.75 Å². The molecular formula is C16H21NO2. The molecule has 1 aromatic rings. The van der Waals surface area contributed by atoms with Crippen LogP contribution in [0.1, 0.15) is 42.5 Å². The smallest absolute Gasteiger partial charge is 0.166 e. The van der Waals surface area contributed by atoms with E-state index >= 15 is 0 Å². The molecule has 0 amide bonds. The SMILES string of the molecule is COc1cccc(C(=O)C2CC3CCCC(C2)N3)c1. The highest BCUT2D eigenvalue weighted by Crippen LogP contribution is 2.32. The van der Waals surface area contributed by atoms with Crippen LogP contribution in [0.3, 0.4) is 0 Å². The molecule has 3 nitrogen and oxygen atoms in total. The second kappa shape index (κ2) is 5.33. The largest absolute Gasteiger partial charge is 0.497 e. The summed E-state index contributed by atoms with van der Waals surface area (Å²) in [7, 11) is 1.64. The molecule has 2 aliphatic heterocycles. The average molecular weight is 259 g/mol. The Morgan fingerprint density at radius 3 is 2.68 bits per heavy atom. The zero-order chi connectivity index (χ0) is 13.2. The fraction of sp³-hybridized carbons (Fsp3) is 0.562. The lowest BCUT2D eigenvalue weighted by Gasteiger charge is -2.39. The van der Waals surface area contributed by atoms with E-state index in [2.05, 4.69) is 5.32 Å². The minimum atomic E-state index is 0.184. The number of piperidine rings is 2. The second-order valence-corrected chi connectivity index (χ2v) is 5.76. The minimum Gasteiger partial charge on any atom is -0.497 e. The predicted molar refractivity (Wildman–Crippen MR) is 74.6 cm³/mol. The monoisotopic (exact) mass is 259 g/mol. The van der Waals surface area contributed by atoms with Gasteiger partial charge < -0.3 is 10.1 Å². The Bertz CT molecular complexity index is 460. The van der Waals surface area contributed by atoms with Crippen LogP contribution in [0.5, 0.6) is 5.75 Å². The number of fused-ring (bicyclic) bond motifs is 2. The van der Waals surface area contributed by atoms with Crippen LogP contribution in [0.25, 0.3) is 0 Å². The molecule has 2 aliphatic rings. The summed E-state index contributed by atoms with van der Waals surface area (Å²) in [6.45, 7) is 0. The predicted octanol–water partition coefficient (Wildman–Crippen LogP) is 2.80. The molecule has 0 aliphatic carbocycles. The highest BCUT2D eigenvalue weighted by molar-refractivity contribution is 5.98. The first-order chi connectivity index (χ1) is 9.26. The molecule has 102 valence electrons. The Hall–Kier alpha value is -1.35. The van der Waals surface area contributed by atoms with Gasteiger partial charge in [-0.3, -0.25) is 4.79 Å². The van der Waals surface area contributed by atoms with Crippen LogP contribution in [0.4, 0.5) is 0 Å². The number of carbonyl (C=O) groups is 1. The van der Waals surface area contributed by atoms with Crippen LogP contribution < -0.4 is 10.1 Å². The molecule has 0 saturated carbocycles.